The van der Waals surface area contributed by atoms with Gasteiger partial charge < -0.3 is 10.1 Å². The highest BCUT2D eigenvalue weighted by Gasteiger charge is 2.24. The summed E-state index contributed by atoms with van der Waals surface area (Å²) in [5.41, 5.74) is 5.07. The molecule has 0 heterocycles. The minimum atomic E-state index is -0.672. The summed E-state index contributed by atoms with van der Waals surface area (Å²) in [4.78, 5) is 24.3. The zero-order valence-corrected chi connectivity index (χ0v) is 13.5. The van der Waals surface area contributed by atoms with E-state index < -0.39 is 17.7 Å². The Labute approximate surface area is 136 Å². The van der Waals surface area contributed by atoms with Gasteiger partial charge in [0.1, 0.15) is 5.75 Å². The van der Waals surface area contributed by atoms with Crippen molar-refractivity contribution in [3.63, 3.8) is 0 Å². The number of amides is 1. The molecule has 0 saturated carbocycles. The van der Waals surface area contributed by atoms with Gasteiger partial charge in [0, 0.05) is 17.3 Å². The number of hydrazine groups is 1. The quantitative estimate of drug-likeness (QED) is 0.405. The van der Waals surface area contributed by atoms with Gasteiger partial charge in [-0.1, -0.05) is 25.5 Å². The van der Waals surface area contributed by atoms with E-state index in [4.69, 9.17) is 10.6 Å². The first-order valence-corrected chi connectivity index (χ1v) is 7.79. The molecule has 6 nitrogen and oxygen atoms in total. The number of nitrogens with two attached hydrogens (primary N) is 1. The van der Waals surface area contributed by atoms with E-state index in [1.807, 2.05) is 19.1 Å². The predicted molar refractivity (Wildman–Crippen MR) is 90.0 cm³/mol. The Kier molecular flexibility index (Phi) is 5.90. The monoisotopic (exact) mass is 317 g/mol. The average Bonchev–Trinajstić information content (AvgIpc) is 2.58. The molecule has 0 aromatic heterocycles. The molecule has 1 aliphatic rings. The first kappa shape index (κ1) is 17.2. The van der Waals surface area contributed by atoms with Crippen LogP contribution in [0.2, 0.25) is 0 Å². The molecule has 1 aromatic rings. The van der Waals surface area contributed by atoms with Crippen molar-refractivity contribution in [2.45, 2.75) is 38.6 Å². The van der Waals surface area contributed by atoms with Crippen LogP contribution in [0.4, 0.5) is 5.69 Å². The number of carbonyl (C=O) groups excluding carboxylic acids is 2. The maximum Gasteiger partial charge on any atom is 0.293 e. The van der Waals surface area contributed by atoms with Crippen LogP contribution in [0.3, 0.4) is 0 Å². The predicted octanol–water partition coefficient (Wildman–Crippen LogP) is 1.79. The van der Waals surface area contributed by atoms with E-state index in [9.17, 15) is 9.59 Å². The van der Waals surface area contributed by atoms with Crippen molar-refractivity contribution in [3.05, 3.63) is 29.3 Å². The summed E-state index contributed by atoms with van der Waals surface area (Å²) in [5, 5.41) is 2.65. The Morgan fingerprint density at radius 1 is 1.39 bits per heavy atom. The van der Waals surface area contributed by atoms with Crippen LogP contribution in [0, 0.1) is 0 Å². The standard InChI is InChI=1S/C17H23N3O3/c1-3-6-14(20-18)16(21)17(22)19-12-9-11-7-4-5-8-13(11)15(10-12)23-2/h5,8-10,14,20H,3-4,6-7,18H2,1-2H3,(H,19,22). The first-order valence-electron chi connectivity index (χ1n) is 7.79. The highest BCUT2D eigenvalue weighted by Crippen LogP contribution is 2.32. The smallest absolute Gasteiger partial charge is 0.293 e. The molecular formula is C17H23N3O3. The fourth-order valence-electron chi connectivity index (χ4n) is 2.69. The molecule has 1 atom stereocenters. The second-order valence-corrected chi connectivity index (χ2v) is 5.52. The van der Waals surface area contributed by atoms with Gasteiger partial charge >= 0.3 is 0 Å². The summed E-state index contributed by atoms with van der Waals surface area (Å²) in [7, 11) is 1.59. The van der Waals surface area contributed by atoms with Crippen LogP contribution in [0.5, 0.6) is 5.75 Å². The van der Waals surface area contributed by atoms with Crippen molar-refractivity contribution in [2.75, 3.05) is 12.4 Å². The molecule has 1 aliphatic carbocycles. The van der Waals surface area contributed by atoms with Gasteiger partial charge in [0.25, 0.3) is 5.91 Å². The van der Waals surface area contributed by atoms with Crippen LogP contribution in [0.1, 0.15) is 37.3 Å². The summed E-state index contributed by atoms with van der Waals surface area (Å²) < 4.78 is 5.38. The summed E-state index contributed by atoms with van der Waals surface area (Å²) in [5.74, 6) is 4.80. The number of methoxy groups -OCH3 is 1. The molecule has 0 fully saturated rings. The van der Waals surface area contributed by atoms with E-state index >= 15 is 0 Å². The molecular weight excluding hydrogens is 294 g/mol. The minimum absolute atomic E-state index is 0.515. The van der Waals surface area contributed by atoms with Gasteiger partial charge in [0.15, 0.2) is 0 Å². The van der Waals surface area contributed by atoms with Crippen LogP contribution in [-0.4, -0.2) is 24.8 Å². The Balaban J connectivity index is 2.18. The molecule has 124 valence electrons. The first-order chi connectivity index (χ1) is 11.1. The number of ketones is 1. The number of hydrogen-bond acceptors (Lipinski definition) is 5. The summed E-state index contributed by atoms with van der Waals surface area (Å²) in [6.07, 6.45) is 7.21. The Hall–Kier alpha value is -2.18. The summed E-state index contributed by atoms with van der Waals surface area (Å²) in [6, 6.07) is 2.95. The van der Waals surface area contributed by atoms with E-state index in [0.717, 1.165) is 30.4 Å². The largest absolute Gasteiger partial charge is 0.496 e. The number of anilines is 1. The van der Waals surface area contributed by atoms with E-state index in [-0.39, 0.29) is 0 Å². The third-order valence-electron chi connectivity index (χ3n) is 3.89. The molecule has 0 radical (unpaired) electrons. The maximum absolute atomic E-state index is 12.1. The molecule has 0 bridgehead atoms. The second kappa shape index (κ2) is 7.89. The molecule has 4 N–H and O–H groups in total. The topological polar surface area (TPSA) is 93.5 Å². The normalized spacial score (nSPS) is 14.0. The fraction of sp³-hybridized carbons (Fsp3) is 0.412. The van der Waals surface area contributed by atoms with Crippen LogP contribution in [0.25, 0.3) is 6.08 Å². The number of rotatable bonds is 7. The average molecular weight is 317 g/mol. The number of nitrogens with one attached hydrogen (secondary N) is 2. The lowest BCUT2D eigenvalue weighted by Crippen LogP contribution is -2.46. The SMILES string of the molecule is CCCC(NN)C(=O)C(=O)Nc1cc2c(c(OC)c1)C=CCC2. The van der Waals surface area contributed by atoms with Gasteiger partial charge in [-0.15, -0.1) is 0 Å². The molecule has 0 aliphatic heterocycles. The van der Waals surface area contributed by atoms with Crippen molar-refractivity contribution < 1.29 is 14.3 Å². The molecule has 6 heteroatoms. The maximum atomic E-state index is 12.1. The summed E-state index contributed by atoms with van der Waals surface area (Å²) >= 11 is 0. The van der Waals surface area contributed by atoms with Crippen LogP contribution < -0.4 is 21.3 Å². The Morgan fingerprint density at radius 2 is 2.17 bits per heavy atom. The second-order valence-electron chi connectivity index (χ2n) is 5.52. The minimum Gasteiger partial charge on any atom is -0.496 e. The van der Waals surface area contributed by atoms with Crippen LogP contribution in [-0.2, 0) is 16.0 Å². The lowest BCUT2D eigenvalue weighted by Gasteiger charge is -2.17. The number of Topliss-reactive ketones (excluding diaryl/α,β-unsaturated/α-hetero) is 1. The van der Waals surface area contributed by atoms with E-state index in [0.29, 0.717) is 17.9 Å². The number of aryl methyl sites for hydroxylation is 1. The van der Waals surface area contributed by atoms with Crippen molar-refractivity contribution in [3.8, 4) is 5.75 Å². The lowest BCUT2D eigenvalue weighted by molar-refractivity contribution is -0.136. The van der Waals surface area contributed by atoms with Crippen molar-refractivity contribution in [1.29, 1.82) is 0 Å². The van der Waals surface area contributed by atoms with Gasteiger partial charge in [-0.25, -0.2) is 5.43 Å². The zero-order valence-electron chi connectivity index (χ0n) is 13.5. The lowest BCUT2D eigenvalue weighted by atomic mass is 9.96. The van der Waals surface area contributed by atoms with Gasteiger partial charge in [-0.2, -0.15) is 0 Å². The van der Waals surface area contributed by atoms with Gasteiger partial charge in [0.2, 0.25) is 5.78 Å². The number of carbonyl (C=O) groups is 2. The number of hydrogen-bond donors (Lipinski definition) is 3. The van der Waals surface area contributed by atoms with Crippen LogP contribution >= 0.6 is 0 Å². The molecule has 1 amide bonds. The third-order valence-corrected chi connectivity index (χ3v) is 3.89. The van der Waals surface area contributed by atoms with E-state index in [1.165, 1.54) is 0 Å². The number of ether oxygens (including phenoxy) is 1. The van der Waals surface area contributed by atoms with Crippen molar-refractivity contribution >= 4 is 23.5 Å². The number of benzene rings is 1. The summed E-state index contributed by atoms with van der Waals surface area (Å²) in [6.45, 7) is 1.93. The van der Waals surface area contributed by atoms with E-state index in [2.05, 4.69) is 16.8 Å². The molecule has 1 aromatic carbocycles. The zero-order chi connectivity index (χ0) is 16.8. The van der Waals surface area contributed by atoms with Crippen molar-refractivity contribution in [1.82, 2.24) is 5.43 Å². The van der Waals surface area contributed by atoms with Gasteiger partial charge in [-0.05, 0) is 30.9 Å². The highest BCUT2D eigenvalue weighted by molar-refractivity contribution is 6.42. The molecule has 2 rings (SSSR count). The van der Waals surface area contributed by atoms with Gasteiger partial charge in [0.05, 0.1) is 13.2 Å². The molecule has 0 saturated heterocycles. The number of allylic oxidation sites excluding steroid dienone is 1. The fourth-order valence-corrected chi connectivity index (χ4v) is 2.69. The van der Waals surface area contributed by atoms with Gasteiger partial charge in [-0.3, -0.25) is 15.4 Å². The van der Waals surface area contributed by atoms with Crippen LogP contribution in [0.15, 0.2) is 18.2 Å². The highest BCUT2D eigenvalue weighted by atomic mass is 16.5. The molecule has 0 spiro atoms. The Morgan fingerprint density at radius 3 is 2.83 bits per heavy atom. The molecule has 1 unspecified atom stereocenters. The van der Waals surface area contributed by atoms with Crippen molar-refractivity contribution in [2.24, 2.45) is 5.84 Å². The molecule has 23 heavy (non-hydrogen) atoms. The van der Waals surface area contributed by atoms with E-state index in [1.54, 1.807) is 13.2 Å². The Bertz CT molecular complexity index is 626. The number of fused-ring (bicyclic) bond motifs is 1. The third kappa shape index (κ3) is 3.97.